The van der Waals surface area contributed by atoms with E-state index >= 15 is 0 Å². The van der Waals surface area contributed by atoms with E-state index in [4.69, 9.17) is 26.5 Å². The largest absolute Gasteiger partial charge is 0.474 e. The standard InChI is InChI=1S/C16H19N5O3/c1-9-3-4-11(7-20-9)15-12(10(2)24-21-15)8-23-14(18)6-5-13(17)16(19)22/h3-7H,8,17-18H2,1-2H3,(H2,19,22)/b13-5-,14-6+. The number of carbonyl (C=O) groups excluding carboxylic acids is 1. The van der Waals surface area contributed by atoms with Gasteiger partial charge in [0, 0.05) is 17.5 Å². The number of carbonyl (C=O) groups is 1. The van der Waals surface area contributed by atoms with Gasteiger partial charge in [-0.05, 0) is 38.1 Å². The average Bonchev–Trinajstić information content (AvgIpc) is 2.92. The van der Waals surface area contributed by atoms with Crippen LogP contribution in [-0.2, 0) is 16.1 Å². The first kappa shape index (κ1) is 17.1. The van der Waals surface area contributed by atoms with Crippen LogP contribution in [0.4, 0.5) is 0 Å². The fraction of sp³-hybridized carbons (Fsp3) is 0.188. The Labute approximate surface area is 139 Å². The van der Waals surface area contributed by atoms with Crippen LogP contribution >= 0.6 is 0 Å². The molecule has 2 rings (SSSR count). The van der Waals surface area contributed by atoms with E-state index in [0.29, 0.717) is 11.5 Å². The summed E-state index contributed by atoms with van der Waals surface area (Å²) in [7, 11) is 0. The van der Waals surface area contributed by atoms with Crippen LogP contribution in [0, 0.1) is 13.8 Å². The van der Waals surface area contributed by atoms with Crippen LogP contribution in [0.3, 0.4) is 0 Å². The number of pyridine rings is 1. The van der Waals surface area contributed by atoms with Gasteiger partial charge in [0.05, 0.1) is 11.3 Å². The molecular formula is C16H19N5O3. The van der Waals surface area contributed by atoms with Gasteiger partial charge < -0.3 is 26.5 Å². The molecule has 0 radical (unpaired) electrons. The maximum Gasteiger partial charge on any atom is 0.264 e. The molecule has 0 bridgehead atoms. The summed E-state index contributed by atoms with van der Waals surface area (Å²) in [5.41, 5.74) is 19.1. The molecule has 0 aliphatic rings. The molecule has 0 fully saturated rings. The lowest BCUT2D eigenvalue weighted by molar-refractivity contribution is -0.114. The Morgan fingerprint density at radius 3 is 2.62 bits per heavy atom. The Balaban J connectivity index is 2.15. The van der Waals surface area contributed by atoms with Gasteiger partial charge in [-0.1, -0.05) is 5.16 Å². The van der Waals surface area contributed by atoms with Crippen molar-refractivity contribution in [2.75, 3.05) is 0 Å². The van der Waals surface area contributed by atoms with E-state index in [-0.39, 0.29) is 18.2 Å². The van der Waals surface area contributed by atoms with Crippen molar-refractivity contribution in [1.29, 1.82) is 0 Å². The average molecular weight is 329 g/mol. The molecule has 2 heterocycles. The van der Waals surface area contributed by atoms with Crippen molar-refractivity contribution >= 4 is 5.91 Å². The smallest absolute Gasteiger partial charge is 0.264 e. The highest BCUT2D eigenvalue weighted by molar-refractivity contribution is 5.91. The third kappa shape index (κ3) is 4.13. The molecule has 0 saturated carbocycles. The SMILES string of the molecule is Cc1ccc(-c2noc(C)c2CO/C(N)=C/C=C(\N)C(N)=O)cn1. The molecular weight excluding hydrogens is 310 g/mol. The number of hydrogen-bond donors (Lipinski definition) is 3. The quantitative estimate of drug-likeness (QED) is 0.407. The van der Waals surface area contributed by atoms with Crippen LogP contribution in [0.2, 0.25) is 0 Å². The third-order valence-electron chi connectivity index (χ3n) is 3.26. The zero-order valence-electron chi connectivity index (χ0n) is 13.4. The van der Waals surface area contributed by atoms with Crippen LogP contribution in [-0.4, -0.2) is 16.0 Å². The number of primary amides is 1. The first-order valence-corrected chi connectivity index (χ1v) is 7.12. The molecule has 2 aromatic heterocycles. The van der Waals surface area contributed by atoms with Crippen molar-refractivity contribution in [3.8, 4) is 11.3 Å². The van der Waals surface area contributed by atoms with Gasteiger partial charge in [-0.2, -0.15) is 0 Å². The van der Waals surface area contributed by atoms with E-state index in [1.165, 1.54) is 12.2 Å². The van der Waals surface area contributed by atoms with Gasteiger partial charge in [0.1, 0.15) is 18.1 Å². The highest BCUT2D eigenvalue weighted by atomic mass is 16.5. The molecule has 0 saturated heterocycles. The molecule has 0 aromatic carbocycles. The summed E-state index contributed by atoms with van der Waals surface area (Å²) in [5.74, 6) is -0.0403. The van der Waals surface area contributed by atoms with E-state index in [1.54, 1.807) is 13.1 Å². The van der Waals surface area contributed by atoms with Crippen LogP contribution in [0.5, 0.6) is 0 Å². The number of nitrogens with zero attached hydrogens (tertiary/aromatic N) is 2. The molecule has 0 atom stereocenters. The second-order valence-corrected chi connectivity index (χ2v) is 5.10. The zero-order chi connectivity index (χ0) is 17.7. The number of ether oxygens (including phenoxy) is 1. The third-order valence-corrected chi connectivity index (χ3v) is 3.26. The fourth-order valence-corrected chi connectivity index (χ4v) is 1.85. The molecule has 8 heteroatoms. The number of rotatable bonds is 6. The van der Waals surface area contributed by atoms with Crippen LogP contribution in [0.1, 0.15) is 17.0 Å². The highest BCUT2D eigenvalue weighted by Crippen LogP contribution is 2.25. The summed E-state index contributed by atoms with van der Waals surface area (Å²) in [6, 6.07) is 3.79. The van der Waals surface area contributed by atoms with Crippen molar-refractivity contribution < 1.29 is 14.1 Å². The normalized spacial score (nSPS) is 12.2. The van der Waals surface area contributed by atoms with Gasteiger partial charge in [-0.3, -0.25) is 9.78 Å². The first-order valence-electron chi connectivity index (χ1n) is 7.12. The lowest BCUT2D eigenvalue weighted by atomic mass is 10.1. The highest BCUT2D eigenvalue weighted by Gasteiger charge is 2.15. The van der Waals surface area contributed by atoms with E-state index in [0.717, 1.165) is 16.8 Å². The van der Waals surface area contributed by atoms with Crippen LogP contribution in [0.15, 0.2) is 46.6 Å². The fourth-order valence-electron chi connectivity index (χ4n) is 1.85. The summed E-state index contributed by atoms with van der Waals surface area (Å²) in [4.78, 5) is 15.1. The van der Waals surface area contributed by atoms with Crippen molar-refractivity contribution in [3.63, 3.8) is 0 Å². The lowest BCUT2D eigenvalue weighted by Crippen LogP contribution is -2.19. The van der Waals surface area contributed by atoms with E-state index in [9.17, 15) is 4.79 Å². The Hall–Kier alpha value is -3.29. The Morgan fingerprint density at radius 2 is 2.00 bits per heavy atom. The number of aromatic nitrogens is 2. The summed E-state index contributed by atoms with van der Waals surface area (Å²) in [5, 5.41) is 4.04. The van der Waals surface area contributed by atoms with Crippen molar-refractivity contribution in [2.45, 2.75) is 20.5 Å². The predicted octanol–water partition coefficient (Wildman–Crippen LogP) is 0.998. The van der Waals surface area contributed by atoms with E-state index in [2.05, 4.69) is 10.1 Å². The van der Waals surface area contributed by atoms with Crippen LogP contribution in [0.25, 0.3) is 11.3 Å². The second-order valence-electron chi connectivity index (χ2n) is 5.10. The van der Waals surface area contributed by atoms with Gasteiger partial charge in [-0.25, -0.2) is 0 Å². The van der Waals surface area contributed by atoms with E-state index < -0.39 is 5.91 Å². The molecule has 0 spiro atoms. The molecule has 126 valence electrons. The van der Waals surface area contributed by atoms with Gasteiger partial charge in [0.15, 0.2) is 5.88 Å². The maximum absolute atomic E-state index is 10.8. The number of nitrogens with two attached hydrogens (primary N) is 3. The molecule has 24 heavy (non-hydrogen) atoms. The molecule has 0 unspecified atom stereocenters. The van der Waals surface area contributed by atoms with Crippen molar-refractivity contribution in [2.24, 2.45) is 17.2 Å². The minimum absolute atomic E-state index is 0.0766. The number of aryl methyl sites for hydroxylation is 2. The van der Waals surface area contributed by atoms with Gasteiger partial charge in [-0.15, -0.1) is 0 Å². The monoisotopic (exact) mass is 329 g/mol. The number of amides is 1. The minimum Gasteiger partial charge on any atom is -0.474 e. The Morgan fingerprint density at radius 1 is 1.25 bits per heavy atom. The topological polar surface area (TPSA) is 143 Å². The zero-order valence-corrected chi connectivity index (χ0v) is 13.4. The van der Waals surface area contributed by atoms with Crippen molar-refractivity contribution in [3.05, 3.63) is 59.1 Å². The molecule has 6 N–H and O–H groups in total. The van der Waals surface area contributed by atoms with Crippen LogP contribution < -0.4 is 17.2 Å². The Bertz CT molecular complexity index is 791. The Kier molecular flexibility index (Phi) is 5.20. The van der Waals surface area contributed by atoms with Gasteiger partial charge >= 0.3 is 0 Å². The summed E-state index contributed by atoms with van der Waals surface area (Å²) >= 11 is 0. The first-order chi connectivity index (χ1) is 11.4. The molecule has 8 nitrogen and oxygen atoms in total. The number of allylic oxidation sites excluding steroid dienone is 2. The van der Waals surface area contributed by atoms with Gasteiger partial charge in [0.25, 0.3) is 5.91 Å². The second kappa shape index (κ2) is 7.32. The molecule has 2 aromatic rings. The number of hydrogen-bond acceptors (Lipinski definition) is 7. The lowest BCUT2D eigenvalue weighted by Gasteiger charge is -2.06. The summed E-state index contributed by atoms with van der Waals surface area (Å²) in [6.07, 6.45) is 4.35. The summed E-state index contributed by atoms with van der Waals surface area (Å²) < 4.78 is 10.7. The van der Waals surface area contributed by atoms with E-state index in [1.807, 2.05) is 19.1 Å². The van der Waals surface area contributed by atoms with Crippen molar-refractivity contribution in [1.82, 2.24) is 10.1 Å². The maximum atomic E-state index is 10.8. The molecule has 1 amide bonds. The summed E-state index contributed by atoms with van der Waals surface area (Å²) in [6.45, 7) is 3.82. The predicted molar refractivity (Wildman–Crippen MR) is 87.7 cm³/mol. The molecule has 0 aliphatic carbocycles. The van der Waals surface area contributed by atoms with Gasteiger partial charge in [0.2, 0.25) is 0 Å². The molecule has 0 aliphatic heterocycles. The minimum atomic E-state index is -0.733.